The van der Waals surface area contributed by atoms with Gasteiger partial charge in [0.25, 0.3) is 10.1 Å². The lowest BCUT2D eigenvalue weighted by atomic mass is 9.43. The first-order valence-electron chi connectivity index (χ1n) is 15.2. The predicted octanol–water partition coefficient (Wildman–Crippen LogP) is 4.77. The highest BCUT2D eigenvalue weighted by Gasteiger charge is 2.62. The maximum absolute atomic E-state index is 13.1. The van der Waals surface area contributed by atoms with Gasteiger partial charge in [-0.3, -0.25) is 9.35 Å². The summed E-state index contributed by atoms with van der Waals surface area (Å²) in [6, 6.07) is 0. The maximum atomic E-state index is 13.1. The molecule has 0 spiro atoms. The number of hydrogen-bond acceptors (Lipinski definition) is 5. The number of carbonyl (C=O) groups is 1. The largest absolute Gasteiger partial charge is 0.393 e. The molecule has 7 nitrogen and oxygen atoms in total. The summed E-state index contributed by atoms with van der Waals surface area (Å²) in [5.74, 6) is 2.46. The van der Waals surface area contributed by atoms with E-state index in [-0.39, 0.29) is 41.4 Å². The number of carbonyl (C=O) groups excluding carboxylic acids is 1. The standard InChI is InChI=1S/C30H53NO6S/c1-19(2)18-31(14-15-38(35,36)37)27(34)9-6-20(3)23-7-8-24-28-25(11-13-30(23,24)5)29(4)12-10-22(32)16-21(29)17-26(28)33/h19-26,28,32-33H,6-18H2,1-5H3,(H,35,36,37)/t20?,21-,22+,23?,24?,25?,26-,28?,29-,30+/m0/s1. The fourth-order valence-electron chi connectivity index (χ4n) is 9.87. The Kier molecular flexibility index (Phi) is 8.99. The van der Waals surface area contributed by atoms with Crippen molar-refractivity contribution in [2.45, 2.75) is 111 Å². The third-order valence-corrected chi connectivity index (χ3v) is 12.5. The summed E-state index contributed by atoms with van der Waals surface area (Å²) in [5, 5.41) is 21.8. The van der Waals surface area contributed by atoms with Crippen molar-refractivity contribution in [2.24, 2.45) is 52.3 Å². The third kappa shape index (κ3) is 5.99. The molecule has 10 atom stereocenters. The Morgan fingerprint density at radius 2 is 1.63 bits per heavy atom. The molecule has 0 bridgehead atoms. The zero-order chi connectivity index (χ0) is 28.0. The molecule has 0 radical (unpaired) electrons. The molecule has 4 aliphatic rings. The van der Waals surface area contributed by atoms with Gasteiger partial charge < -0.3 is 15.1 Å². The second kappa shape index (κ2) is 11.3. The van der Waals surface area contributed by atoms with Crippen LogP contribution in [0.1, 0.15) is 98.8 Å². The van der Waals surface area contributed by atoms with Crippen LogP contribution in [-0.4, -0.2) is 65.0 Å². The molecule has 0 saturated heterocycles. The lowest BCUT2D eigenvalue weighted by Gasteiger charge is -2.62. The lowest BCUT2D eigenvalue weighted by molar-refractivity contribution is -0.174. The Labute approximate surface area is 230 Å². The van der Waals surface area contributed by atoms with Gasteiger partial charge in [-0.1, -0.05) is 34.6 Å². The number of aliphatic hydroxyl groups excluding tert-OH is 2. The zero-order valence-electron chi connectivity index (χ0n) is 24.3. The number of aliphatic hydroxyl groups is 2. The van der Waals surface area contributed by atoms with Crippen LogP contribution >= 0.6 is 0 Å². The highest BCUT2D eigenvalue weighted by atomic mass is 32.2. The van der Waals surface area contributed by atoms with Crippen LogP contribution in [0.5, 0.6) is 0 Å². The van der Waals surface area contributed by atoms with E-state index < -0.39 is 15.9 Å². The van der Waals surface area contributed by atoms with Crippen LogP contribution in [-0.2, 0) is 14.9 Å². The first-order valence-corrected chi connectivity index (χ1v) is 16.9. The smallest absolute Gasteiger partial charge is 0.266 e. The molecule has 0 heterocycles. The van der Waals surface area contributed by atoms with Crippen LogP contribution in [0, 0.1) is 52.3 Å². The van der Waals surface area contributed by atoms with Crippen LogP contribution in [0.25, 0.3) is 0 Å². The topological polar surface area (TPSA) is 115 Å². The quantitative estimate of drug-likeness (QED) is 0.353. The minimum atomic E-state index is -4.11. The van der Waals surface area contributed by atoms with Crippen molar-refractivity contribution < 1.29 is 28.0 Å². The van der Waals surface area contributed by atoms with E-state index in [2.05, 4.69) is 20.8 Å². The summed E-state index contributed by atoms with van der Waals surface area (Å²) < 4.78 is 31.7. The van der Waals surface area contributed by atoms with E-state index in [9.17, 15) is 28.0 Å². The van der Waals surface area contributed by atoms with Crippen molar-refractivity contribution in [3.05, 3.63) is 0 Å². The highest BCUT2D eigenvalue weighted by molar-refractivity contribution is 7.85. The molecule has 4 rings (SSSR count). The molecule has 4 aliphatic carbocycles. The summed E-state index contributed by atoms with van der Waals surface area (Å²) in [6.45, 7) is 11.7. The average Bonchev–Trinajstić information content (AvgIpc) is 3.17. The fourth-order valence-corrected chi connectivity index (χ4v) is 10.3. The zero-order valence-corrected chi connectivity index (χ0v) is 25.1. The fraction of sp³-hybridized carbons (Fsp3) is 0.967. The van der Waals surface area contributed by atoms with E-state index in [1.807, 2.05) is 13.8 Å². The van der Waals surface area contributed by atoms with E-state index >= 15 is 0 Å². The molecule has 0 aromatic rings. The Bertz CT molecular complexity index is 954. The van der Waals surface area contributed by atoms with Crippen molar-refractivity contribution >= 4 is 16.0 Å². The predicted molar refractivity (Wildman–Crippen MR) is 149 cm³/mol. The molecule has 8 heteroatoms. The van der Waals surface area contributed by atoms with Crippen LogP contribution in [0.2, 0.25) is 0 Å². The summed E-state index contributed by atoms with van der Waals surface area (Å²) in [6.07, 6.45) is 8.92. The Hall–Kier alpha value is -0.700. The molecule has 4 fully saturated rings. The monoisotopic (exact) mass is 555 g/mol. The van der Waals surface area contributed by atoms with E-state index in [1.165, 1.54) is 6.42 Å². The lowest BCUT2D eigenvalue weighted by Crippen LogP contribution is -2.58. The second-order valence-electron chi connectivity index (χ2n) is 14.5. The number of hydrogen-bond donors (Lipinski definition) is 3. The third-order valence-electron chi connectivity index (χ3n) is 11.8. The number of fused-ring (bicyclic) bond motifs is 5. The minimum absolute atomic E-state index is 0.0289. The van der Waals surface area contributed by atoms with E-state index in [1.54, 1.807) is 4.90 Å². The van der Waals surface area contributed by atoms with Gasteiger partial charge in [0.2, 0.25) is 5.91 Å². The van der Waals surface area contributed by atoms with Gasteiger partial charge in [-0.2, -0.15) is 8.42 Å². The van der Waals surface area contributed by atoms with Gasteiger partial charge in [0.15, 0.2) is 0 Å². The number of rotatable bonds is 9. The van der Waals surface area contributed by atoms with Crippen molar-refractivity contribution in [3.63, 3.8) is 0 Å². The SMILES string of the molecule is CC(C)CN(CCS(=O)(=O)O)C(=O)CCC(C)C1CCC2C3C(CC[C@]12C)[C@@]1(C)CC[C@@H](O)C[C@H]1C[C@@H]3O. The molecule has 0 aromatic carbocycles. The molecule has 3 N–H and O–H groups in total. The Morgan fingerprint density at radius 1 is 0.974 bits per heavy atom. The van der Waals surface area contributed by atoms with Crippen molar-refractivity contribution in [2.75, 3.05) is 18.8 Å². The molecule has 0 aromatic heterocycles. The molecule has 38 heavy (non-hydrogen) atoms. The number of nitrogens with zero attached hydrogens (tertiary/aromatic N) is 1. The van der Waals surface area contributed by atoms with Gasteiger partial charge in [-0.05, 0) is 110 Å². The molecule has 1 amide bonds. The van der Waals surface area contributed by atoms with Crippen LogP contribution < -0.4 is 0 Å². The Balaban J connectivity index is 1.41. The molecular weight excluding hydrogens is 502 g/mol. The maximum Gasteiger partial charge on any atom is 0.266 e. The van der Waals surface area contributed by atoms with Gasteiger partial charge in [-0.25, -0.2) is 0 Å². The minimum Gasteiger partial charge on any atom is -0.393 e. The first-order chi connectivity index (χ1) is 17.7. The van der Waals surface area contributed by atoms with Gasteiger partial charge in [0.1, 0.15) is 0 Å². The summed E-state index contributed by atoms with van der Waals surface area (Å²) >= 11 is 0. The Morgan fingerprint density at radius 3 is 2.29 bits per heavy atom. The van der Waals surface area contributed by atoms with Crippen molar-refractivity contribution in [3.8, 4) is 0 Å². The first kappa shape index (κ1) is 30.3. The van der Waals surface area contributed by atoms with Gasteiger partial charge >= 0.3 is 0 Å². The molecule has 4 saturated carbocycles. The van der Waals surface area contributed by atoms with Crippen molar-refractivity contribution in [1.82, 2.24) is 4.90 Å². The van der Waals surface area contributed by atoms with Gasteiger partial charge in [-0.15, -0.1) is 0 Å². The molecule has 220 valence electrons. The molecule has 0 aliphatic heterocycles. The van der Waals surface area contributed by atoms with E-state index in [0.29, 0.717) is 48.5 Å². The molecule has 5 unspecified atom stereocenters. The van der Waals surface area contributed by atoms with Gasteiger partial charge in [0.05, 0.1) is 18.0 Å². The summed E-state index contributed by atoms with van der Waals surface area (Å²) in [4.78, 5) is 14.7. The van der Waals surface area contributed by atoms with Crippen LogP contribution in [0.4, 0.5) is 0 Å². The summed E-state index contributed by atoms with van der Waals surface area (Å²) in [5.41, 5.74) is 0.396. The molecular formula is C30H53NO6S. The number of amides is 1. The van der Waals surface area contributed by atoms with E-state index in [4.69, 9.17) is 0 Å². The highest BCUT2D eigenvalue weighted by Crippen LogP contribution is 2.68. The average molecular weight is 556 g/mol. The van der Waals surface area contributed by atoms with Crippen LogP contribution in [0.15, 0.2) is 0 Å². The van der Waals surface area contributed by atoms with Gasteiger partial charge in [0, 0.05) is 19.5 Å². The van der Waals surface area contributed by atoms with Crippen LogP contribution in [0.3, 0.4) is 0 Å². The van der Waals surface area contributed by atoms with Crippen molar-refractivity contribution in [1.29, 1.82) is 0 Å². The van der Waals surface area contributed by atoms with E-state index in [0.717, 1.165) is 51.4 Å². The summed E-state index contributed by atoms with van der Waals surface area (Å²) in [7, 11) is -4.11. The normalized spacial score (nSPS) is 41.8. The second-order valence-corrected chi connectivity index (χ2v) is 16.1.